The highest BCUT2D eigenvalue weighted by molar-refractivity contribution is 5.36. The maximum atomic E-state index is 12.7. The highest BCUT2D eigenvalue weighted by Crippen LogP contribution is 2.21. The number of hydrogen-bond donors (Lipinski definition) is 0. The first kappa shape index (κ1) is 26.6. The van der Waals surface area contributed by atoms with Crippen LogP contribution in [0.1, 0.15) is 17.5 Å². The molecule has 2 fully saturated rings. The second-order valence-corrected chi connectivity index (χ2v) is 9.90. The normalized spacial score (nSPS) is 19.0. The lowest BCUT2D eigenvalue weighted by Crippen LogP contribution is -2.50. The van der Waals surface area contributed by atoms with E-state index < -0.39 is 0 Å². The second kappa shape index (κ2) is 13.7. The van der Waals surface area contributed by atoms with Gasteiger partial charge in [-0.3, -0.25) is 9.69 Å². The van der Waals surface area contributed by atoms with E-state index in [0.717, 1.165) is 44.8 Å². The summed E-state index contributed by atoms with van der Waals surface area (Å²) in [6.07, 6.45) is 1.65. The van der Waals surface area contributed by atoms with Gasteiger partial charge in [-0.05, 0) is 30.0 Å². The zero-order chi connectivity index (χ0) is 26.0. The summed E-state index contributed by atoms with van der Waals surface area (Å²) in [5.41, 5.74) is 2.47. The molecule has 0 spiro atoms. The van der Waals surface area contributed by atoms with E-state index in [1.165, 1.54) is 11.1 Å². The van der Waals surface area contributed by atoms with Crippen molar-refractivity contribution in [2.75, 3.05) is 57.6 Å². The summed E-state index contributed by atoms with van der Waals surface area (Å²) in [6, 6.07) is 24.7. The molecule has 2 aliphatic heterocycles. The van der Waals surface area contributed by atoms with Crippen LogP contribution in [0.3, 0.4) is 0 Å². The Hall–Kier alpha value is -3.04. The summed E-state index contributed by atoms with van der Waals surface area (Å²) in [5.74, 6) is 0.837. The number of benzene rings is 2. The minimum atomic E-state index is -0.0681. The first-order chi connectivity index (χ1) is 18.8. The predicted molar refractivity (Wildman–Crippen MR) is 147 cm³/mol. The lowest BCUT2D eigenvalue weighted by Gasteiger charge is -2.39. The lowest BCUT2D eigenvalue weighted by molar-refractivity contribution is -0.120. The third-order valence-corrected chi connectivity index (χ3v) is 7.26. The quantitative estimate of drug-likeness (QED) is 0.387. The van der Waals surface area contributed by atoms with Gasteiger partial charge in [-0.1, -0.05) is 60.7 Å². The Balaban J connectivity index is 1.33. The maximum Gasteiger partial charge on any atom is 0.266 e. The van der Waals surface area contributed by atoms with E-state index in [4.69, 9.17) is 19.3 Å². The van der Waals surface area contributed by atoms with Crippen molar-refractivity contribution in [3.63, 3.8) is 0 Å². The van der Waals surface area contributed by atoms with Crippen LogP contribution in [-0.4, -0.2) is 79.5 Å². The number of aryl methyl sites for hydroxylation is 1. The van der Waals surface area contributed by atoms with Crippen molar-refractivity contribution >= 4 is 5.82 Å². The molecule has 38 heavy (non-hydrogen) atoms. The van der Waals surface area contributed by atoms with E-state index in [0.29, 0.717) is 39.6 Å². The number of anilines is 1. The lowest BCUT2D eigenvalue weighted by atomic mass is 9.98. The summed E-state index contributed by atoms with van der Waals surface area (Å²) < 4.78 is 19.2. The molecule has 0 aliphatic carbocycles. The molecular formula is C30H38N4O4. The van der Waals surface area contributed by atoms with Gasteiger partial charge in [0.15, 0.2) is 0 Å². The average molecular weight is 519 g/mol. The van der Waals surface area contributed by atoms with Gasteiger partial charge in [0.05, 0.1) is 39.1 Å². The molecule has 3 heterocycles. The van der Waals surface area contributed by atoms with E-state index in [1.807, 2.05) is 12.1 Å². The summed E-state index contributed by atoms with van der Waals surface area (Å²) in [6.45, 7) is 6.96. The summed E-state index contributed by atoms with van der Waals surface area (Å²) in [7, 11) is 0. The molecule has 2 unspecified atom stereocenters. The molecule has 202 valence electrons. The highest BCUT2D eigenvalue weighted by Gasteiger charge is 2.30. The molecule has 2 aliphatic rings. The van der Waals surface area contributed by atoms with Crippen LogP contribution >= 0.6 is 0 Å². The maximum absolute atomic E-state index is 12.7. The first-order valence-electron chi connectivity index (χ1n) is 13.7. The van der Waals surface area contributed by atoms with Crippen LogP contribution in [-0.2, 0) is 33.7 Å². The number of morpholine rings is 1. The van der Waals surface area contributed by atoms with Crippen molar-refractivity contribution in [3.05, 3.63) is 94.3 Å². The smallest absolute Gasteiger partial charge is 0.266 e. The molecular weight excluding hydrogens is 480 g/mol. The Morgan fingerprint density at radius 3 is 2.32 bits per heavy atom. The van der Waals surface area contributed by atoms with Crippen molar-refractivity contribution in [2.45, 2.75) is 38.1 Å². The molecule has 2 aromatic carbocycles. The first-order valence-corrected chi connectivity index (χ1v) is 13.7. The second-order valence-electron chi connectivity index (χ2n) is 9.90. The summed E-state index contributed by atoms with van der Waals surface area (Å²) >= 11 is 0. The van der Waals surface area contributed by atoms with Crippen LogP contribution in [0.2, 0.25) is 0 Å². The molecule has 2 atom stereocenters. The fourth-order valence-electron chi connectivity index (χ4n) is 5.24. The molecule has 1 aromatic heterocycles. The molecule has 0 radical (unpaired) electrons. The predicted octanol–water partition coefficient (Wildman–Crippen LogP) is 3.00. The number of hydrogen-bond acceptors (Lipinski definition) is 7. The van der Waals surface area contributed by atoms with Crippen molar-refractivity contribution in [1.82, 2.24) is 14.7 Å². The minimum Gasteiger partial charge on any atom is -0.378 e. The molecule has 3 aromatic rings. The molecule has 0 saturated carbocycles. The van der Waals surface area contributed by atoms with Crippen LogP contribution in [0.5, 0.6) is 0 Å². The zero-order valence-corrected chi connectivity index (χ0v) is 22.0. The van der Waals surface area contributed by atoms with Crippen LogP contribution in [0.4, 0.5) is 5.82 Å². The van der Waals surface area contributed by atoms with Gasteiger partial charge >= 0.3 is 0 Å². The van der Waals surface area contributed by atoms with E-state index in [-0.39, 0.29) is 17.7 Å². The third kappa shape index (κ3) is 7.29. The Morgan fingerprint density at radius 1 is 0.868 bits per heavy atom. The molecule has 0 N–H and O–H groups in total. The third-order valence-electron chi connectivity index (χ3n) is 7.26. The van der Waals surface area contributed by atoms with E-state index >= 15 is 0 Å². The van der Waals surface area contributed by atoms with Gasteiger partial charge in [-0.15, -0.1) is 0 Å². The number of nitrogens with zero attached hydrogens (tertiary/aromatic N) is 4. The SMILES string of the molecule is O=c1ccc(N2CCOCC2)nn1CCCN(Cc1ccccc1)C(Cc1ccccc1)C1COCCO1. The Morgan fingerprint density at radius 2 is 1.61 bits per heavy atom. The van der Waals surface area contributed by atoms with Crippen LogP contribution < -0.4 is 10.5 Å². The van der Waals surface area contributed by atoms with Gasteiger partial charge in [0, 0.05) is 44.8 Å². The standard InChI is InChI=1S/C30H38N4O4/c35-30-13-12-29(32-16-18-36-19-17-32)31-34(30)15-7-14-33(23-26-10-5-2-6-11-26)27(28-24-37-20-21-38-28)22-25-8-3-1-4-9-25/h1-6,8-13,27-28H,7,14-24H2. The van der Waals surface area contributed by atoms with Gasteiger partial charge in [0.1, 0.15) is 5.82 Å². The van der Waals surface area contributed by atoms with Gasteiger partial charge in [-0.25, -0.2) is 4.68 Å². The van der Waals surface area contributed by atoms with Crippen LogP contribution in [0.25, 0.3) is 0 Å². The Kier molecular flexibility index (Phi) is 9.55. The summed E-state index contributed by atoms with van der Waals surface area (Å²) in [5, 5.41) is 4.69. The van der Waals surface area contributed by atoms with Crippen molar-refractivity contribution in [2.24, 2.45) is 0 Å². The van der Waals surface area contributed by atoms with E-state index in [1.54, 1.807) is 10.7 Å². The molecule has 8 heteroatoms. The average Bonchev–Trinajstić information content (AvgIpc) is 2.98. The van der Waals surface area contributed by atoms with E-state index in [9.17, 15) is 4.79 Å². The number of rotatable bonds is 11. The highest BCUT2D eigenvalue weighted by atomic mass is 16.6. The van der Waals surface area contributed by atoms with Gasteiger partial charge in [-0.2, -0.15) is 5.10 Å². The van der Waals surface area contributed by atoms with Crippen molar-refractivity contribution in [1.29, 1.82) is 0 Å². The van der Waals surface area contributed by atoms with Gasteiger partial charge < -0.3 is 19.1 Å². The molecule has 2 saturated heterocycles. The van der Waals surface area contributed by atoms with Crippen molar-refractivity contribution < 1.29 is 14.2 Å². The van der Waals surface area contributed by atoms with Crippen LogP contribution in [0.15, 0.2) is 77.6 Å². The fourth-order valence-corrected chi connectivity index (χ4v) is 5.24. The Bertz CT molecular complexity index is 1160. The molecule has 8 nitrogen and oxygen atoms in total. The summed E-state index contributed by atoms with van der Waals surface area (Å²) in [4.78, 5) is 17.3. The number of aromatic nitrogens is 2. The van der Waals surface area contributed by atoms with Crippen molar-refractivity contribution in [3.8, 4) is 0 Å². The van der Waals surface area contributed by atoms with Gasteiger partial charge in [0.25, 0.3) is 5.56 Å². The Labute approximate surface area is 224 Å². The minimum absolute atomic E-state index is 0.0156. The molecule has 0 amide bonds. The van der Waals surface area contributed by atoms with E-state index in [2.05, 4.69) is 64.4 Å². The van der Waals surface area contributed by atoms with Crippen LogP contribution in [0, 0.1) is 0 Å². The topological polar surface area (TPSA) is 69.1 Å². The van der Waals surface area contributed by atoms with Gasteiger partial charge in [0.2, 0.25) is 0 Å². The largest absolute Gasteiger partial charge is 0.378 e. The fraction of sp³-hybridized carbons (Fsp3) is 0.467. The number of ether oxygens (including phenoxy) is 3. The molecule has 0 bridgehead atoms. The molecule has 5 rings (SSSR count). The zero-order valence-electron chi connectivity index (χ0n) is 22.0. The monoisotopic (exact) mass is 518 g/mol.